The van der Waals surface area contributed by atoms with Crippen LogP contribution < -0.4 is 5.73 Å². The lowest BCUT2D eigenvalue weighted by Gasteiger charge is -2.18. The van der Waals surface area contributed by atoms with E-state index in [1.165, 1.54) is 0 Å². The van der Waals surface area contributed by atoms with Crippen molar-refractivity contribution in [3.8, 4) is 0 Å². The third-order valence-corrected chi connectivity index (χ3v) is 4.46. The van der Waals surface area contributed by atoms with Crippen LogP contribution in [0.3, 0.4) is 0 Å². The van der Waals surface area contributed by atoms with E-state index in [0.29, 0.717) is 0 Å². The van der Waals surface area contributed by atoms with E-state index in [9.17, 15) is 0 Å². The van der Waals surface area contributed by atoms with Crippen molar-refractivity contribution in [3.63, 3.8) is 0 Å². The molecule has 2 N–H and O–H groups in total. The molecule has 0 saturated carbocycles. The minimum atomic E-state index is -0.262. The van der Waals surface area contributed by atoms with Crippen LogP contribution in [0.2, 0.25) is 5.02 Å². The Morgan fingerprint density at radius 1 is 1.43 bits per heavy atom. The smallest absolute Gasteiger partial charge is 0.0739 e. The molecule has 4 nitrogen and oxygen atoms in total. The van der Waals surface area contributed by atoms with Gasteiger partial charge in [0.2, 0.25) is 0 Å². The summed E-state index contributed by atoms with van der Waals surface area (Å²) < 4.78 is 2.87. The highest BCUT2D eigenvalue weighted by molar-refractivity contribution is 9.10. The van der Waals surface area contributed by atoms with E-state index in [-0.39, 0.29) is 6.04 Å². The van der Waals surface area contributed by atoms with Gasteiger partial charge in [-0.3, -0.25) is 4.68 Å². The van der Waals surface area contributed by atoms with Gasteiger partial charge in [0.15, 0.2) is 0 Å². The zero-order valence-corrected chi connectivity index (χ0v) is 14.8. The van der Waals surface area contributed by atoms with Crippen LogP contribution in [0.15, 0.2) is 28.9 Å². The van der Waals surface area contributed by atoms with Gasteiger partial charge in [0.05, 0.1) is 29.0 Å². The lowest BCUT2D eigenvalue weighted by Crippen LogP contribution is -2.23. The number of hydrogen-bond acceptors (Lipinski definition) is 3. The summed E-state index contributed by atoms with van der Waals surface area (Å²) in [5.74, 6) is 0. The maximum absolute atomic E-state index is 6.42. The molecule has 21 heavy (non-hydrogen) atoms. The van der Waals surface area contributed by atoms with Crippen molar-refractivity contribution in [2.75, 3.05) is 20.6 Å². The van der Waals surface area contributed by atoms with Crippen LogP contribution in [-0.2, 0) is 6.54 Å². The SMILES string of the molecule is Cc1ccc(C(N)c2c(Br)cnn2CCN(C)C)cc1Cl. The average molecular weight is 372 g/mol. The van der Waals surface area contributed by atoms with Crippen molar-refractivity contribution in [1.82, 2.24) is 14.7 Å². The largest absolute Gasteiger partial charge is 0.319 e. The highest BCUT2D eigenvalue weighted by atomic mass is 79.9. The second-order valence-electron chi connectivity index (χ2n) is 5.39. The normalized spacial score (nSPS) is 12.9. The van der Waals surface area contributed by atoms with Gasteiger partial charge in [-0.15, -0.1) is 0 Å². The van der Waals surface area contributed by atoms with Crippen molar-refractivity contribution >= 4 is 27.5 Å². The lowest BCUT2D eigenvalue weighted by atomic mass is 10.0. The van der Waals surface area contributed by atoms with E-state index in [0.717, 1.165) is 39.4 Å². The molecule has 1 unspecified atom stereocenters. The van der Waals surface area contributed by atoms with E-state index in [2.05, 4.69) is 25.9 Å². The lowest BCUT2D eigenvalue weighted by molar-refractivity contribution is 0.368. The summed E-state index contributed by atoms with van der Waals surface area (Å²) >= 11 is 9.75. The molecule has 6 heteroatoms. The molecule has 0 saturated heterocycles. The molecular formula is C15H20BrClN4. The van der Waals surface area contributed by atoms with Gasteiger partial charge in [0, 0.05) is 11.6 Å². The molecule has 0 aliphatic rings. The molecule has 114 valence electrons. The Balaban J connectivity index is 2.31. The number of aryl methyl sites for hydroxylation is 1. The molecule has 1 aromatic heterocycles. The summed E-state index contributed by atoms with van der Waals surface area (Å²) in [6.07, 6.45) is 1.79. The zero-order chi connectivity index (χ0) is 15.6. The molecule has 1 aromatic carbocycles. The summed E-state index contributed by atoms with van der Waals surface area (Å²) in [6, 6.07) is 5.67. The Hall–Kier alpha value is -0.880. The van der Waals surface area contributed by atoms with Crippen LogP contribution in [0.1, 0.15) is 22.9 Å². The van der Waals surface area contributed by atoms with E-state index in [4.69, 9.17) is 17.3 Å². The third kappa shape index (κ3) is 3.86. The quantitative estimate of drug-likeness (QED) is 0.878. The second kappa shape index (κ2) is 6.92. The molecule has 0 fully saturated rings. The highest BCUT2D eigenvalue weighted by Crippen LogP contribution is 2.29. The Kier molecular flexibility index (Phi) is 5.43. The van der Waals surface area contributed by atoms with Gasteiger partial charge in [0.1, 0.15) is 0 Å². The number of nitrogens with two attached hydrogens (primary N) is 1. The van der Waals surface area contributed by atoms with Gasteiger partial charge in [0.25, 0.3) is 0 Å². The highest BCUT2D eigenvalue weighted by Gasteiger charge is 2.19. The van der Waals surface area contributed by atoms with E-state index < -0.39 is 0 Å². The number of aromatic nitrogens is 2. The molecule has 0 amide bonds. The van der Waals surface area contributed by atoms with Crippen LogP contribution >= 0.6 is 27.5 Å². The number of benzene rings is 1. The zero-order valence-electron chi connectivity index (χ0n) is 12.5. The molecule has 1 atom stereocenters. The first-order valence-electron chi connectivity index (χ1n) is 6.77. The summed E-state index contributed by atoms with van der Waals surface area (Å²) in [7, 11) is 4.08. The monoisotopic (exact) mass is 370 g/mol. The molecule has 1 heterocycles. The number of hydrogen-bond donors (Lipinski definition) is 1. The molecule has 0 aliphatic carbocycles. The summed E-state index contributed by atoms with van der Waals surface area (Å²) in [5.41, 5.74) is 9.43. The van der Waals surface area contributed by atoms with Gasteiger partial charge in [-0.05, 0) is 54.1 Å². The Labute approximate surface area is 139 Å². The average Bonchev–Trinajstić information content (AvgIpc) is 2.80. The third-order valence-electron chi connectivity index (χ3n) is 3.44. The first-order chi connectivity index (χ1) is 9.90. The summed E-state index contributed by atoms with van der Waals surface area (Å²) in [4.78, 5) is 2.12. The standard InChI is InChI=1S/C15H20BrClN4/c1-10-4-5-11(8-13(10)17)14(18)15-12(16)9-19-21(15)7-6-20(2)3/h4-5,8-9,14H,6-7,18H2,1-3H3. The van der Waals surface area contributed by atoms with Gasteiger partial charge in [-0.1, -0.05) is 23.7 Å². The Morgan fingerprint density at radius 2 is 2.14 bits per heavy atom. The maximum Gasteiger partial charge on any atom is 0.0739 e. The molecule has 2 aromatic rings. The second-order valence-corrected chi connectivity index (χ2v) is 6.65. The Morgan fingerprint density at radius 3 is 2.76 bits per heavy atom. The molecular weight excluding hydrogens is 352 g/mol. The van der Waals surface area contributed by atoms with Crippen LogP contribution in [0.25, 0.3) is 0 Å². The molecule has 0 bridgehead atoms. The number of nitrogens with zero attached hydrogens (tertiary/aromatic N) is 3. The van der Waals surface area contributed by atoms with Crippen LogP contribution in [0.5, 0.6) is 0 Å². The van der Waals surface area contributed by atoms with Crippen molar-refractivity contribution in [2.45, 2.75) is 19.5 Å². The van der Waals surface area contributed by atoms with E-state index in [1.807, 2.05) is 43.9 Å². The minimum Gasteiger partial charge on any atom is -0.319 e. The number of rotatable bonds is 5. The summed E-state index contributed by atoms with van der Waals surface area (Å²) in [6.45, 7) is 3.68. The summed E-state index contributed by atoms with van der Waals surface area (Å²) in [5, 5.41) is 5.14. The molecule has 0 spiro atoms. The first kappa shape index (κ1) is 16.5. The van der Waals surface area contributed by atoms with Gasteiger partial charge >= 0.3 is 0 Å². The van der Waals surface area contributed by atoms with Crippen molar-refractivity contribution in [2.24, 2.45) is 5.73 Å². The van der Waals surface area contributed by atoms with Gasteiger partial charge in [-0.2, -0.15) is 5.10 Å². The molecule has 0 aliphatic heterocycles. The fraction of sp³-hybridized carbons (Fsp3) is 0.400. The minimum absolute atomic E-state index is 0.262. The van der Waals surface area contributed by atoms with Gasteiger partial charge < -0.3 is 10.6 Å². The number of likely N-dealkylation sites (N-methyl/N-ethyl adjacent to an activating group) is 1. The molecule has 2 rings (SSSR count). The van der Waals surface area contributed by atoms with Crippen LogP contribution in [0, 0.1) is 6.92 Å². The fourth-order valence-corrected chi connectivity index (χ4v) is 2.85. The maximum atomic E-state index is 6.42. The predicted octanol–water partition coefficient (Wildman–Crippen LogP) is 3.22. The van der Waals surface area contributed by atoms with Crippen molar-refractivity contribution in [3.05, 3.63) is 50.7 Å². The van der Waals surface area contributed by atoms with Crippen molar-refractivity contribution < 1.29 is 0 Å². The Bertz CT molecular complexity index is 624. The van der Waals surface area contributed by atoms with Crippen molar-refractivity contribution in [1.29, 1.82) is 0 Å². The van der Waals surface area contributed by atoms with E-state index >= 15 is 0 Å². The number of halogens is 2. The van der Waals surface area contributed by atoms with Gasteiger partial charge in [-0.25, -0.2) is 0 Å². The van der Waals surface area contributed by atoms with E-state index in [1.54, 1.807) is 6.20 Å². The predicted molar refractivity (Wildman–Crippen MR) is 90.7 cm³/mol. The fourth-order valence-electron chi connectivity index (χ4n) is 2.11. The van der Waals surface area contributed by atoms with Crippen LogP contribution in [-0.4, -0.2) is 35.3 Å². The first-order valence-corrected chi connectivity index (χ1v) is 7.95. The topological polar surface area (TPSA) is 47.1 Å². The van der Waals surface area contributed by atoms with Crippen LogP contribution in [0.4, 0.5) is 0 Å². The molecule has 0 radical (unpaired) electrons.